The third-order valence-corrected chi connectivity index (χ3v) is 3.33. The van der Waals surface area contributed by atoms with E-state index in [1.807, 2.05) is 0 Å². The first-order chi connectivity index (χ1) is 7.99. The Kier molecular flexibility index (Phi) is 16.0. The molecule has 0 heterocycles. The minimum atomic E-state index is 0.864. The molecule has 0 rings (SSSR count). The zero-order chi connectivity index (χ0) is 13.7. The molecule has 0 spiro atoms. The summed E-state index contributed by atoms with van der Waals surface area (Å²) >= 11 is 0. The van der Waals surface area contributed by atoms with E-state index in [0.717, 1.165) is 17.8 Å². The fourth-order valence-corrected chi connectivity index (χ4v) is 2.15. The number of hydrogen-bond acceptors (Lipinski definition) is 0. The van der Waals surface area contributed by atoms with Crippen LogP contribution in [0, 0.1) is 17.8 Å². The first kappa shape index (κ1) is 19.3. The largest absolute Gasteiger partial charge is 0.0656 e. The van der Waals surface area contributed by atoms with Crippen LogP contribution in [0.5, 0.6) is 0 Å². The maximum atomic E-state index is 2.43. The van der Waals surface area contributed by atoms with Crippen LogP contribution in [-0.2, 0) is 0 Å². The summed E-state index contributed by atoms with van der Waals surface area (Å²) in [5.74, 6) is 2.70. The van der Waals surface area contributed by atoms with Gasteiger partial charge in [0.15, 0.2) is 0 Å². The maximum Gasteiger partial charge on any atom is -0.0415 e. The molecule has 0 radical (unpaired) electrons. The van der Waals surface area contributed by atoms with Crippen LogP contribution >= 0.6 is 0 Å². The molecule has 2 atom stereocenters. The predicted molar refractivity (Wildman–Crippen MR) is 82.5 cm³/mol. The van der Waals surface area contributed by atoms with Gasteiger partial charge in [0.2, 0.25) is 0 Å². The van der Waals surface area contributed by atoms with E-state index in [0.29, 0.717) is 0 Å². The first-order valence-corrected chi connectivity index (χ1v) is 7.99. The van der Waals surface area contributed by atoms with Crippen LogP contribution in [0.4, 0.5) is 0 Å². The Morgan fingerprint density at radius 1 is 0.706 bits per heavy atom. The van der Waals surface area contributed by atoms with Crippen LogP contribution in [0.2, 0.25) is 0 Å². The molecule has 0 aliphatic heterocycles. The lowest BCUT2D eigenvalue weighted by molar-refractivity contribution is 0.301. The van der Waals surface area contributed by atoms with Crippen molar-refractivity contribution >= 4 is 0 Å². The predicted octanol–water partition coefficient (Wildman–Crippen LogP) is 6.69. The lowest BCUT2D eigenvalue weighted by atomic mass is 9.85. The highest BCUT2D eigenvalue weighted by Gasteiger charge is 2.12. The summed E-state index contributed by atoms with van der Waals surface area (Å²) in [7, 11) is 0. The van der Waals surface area contributed by atoms with E-state index in [2.05, 4.69) is 48.5 Å². The van der Waals surface area contributed by atoms with Crippen LogP contribution in [0.3, 0.4) is 0 Å². The quantitative estimate of drug-likeness (QED) is 0.416. The van der Waals surface area contributed by atoms with Gasteiger partial charge in [0.05, 0.1) is 0 Å². The van der Waals surface area contributed by atoms with Crippen LogP contribution < -0.4 is 0 Å². The van der Waals surface area contributed by atoms with Gasteiger partial charge in [-0.25, -0.2) is 0 Å². The topological polar surface area (TPSA) is 0 Å². The monoisotopic (exact) mass is 242 g/mol. The van der Waals surface area contributed by atoms with E-state index in [9.17, 15) is 0 Å². The van der Waals surface area contributed by atoms with Crippen LogP contribution in [0.15, 0.2) is 0 Å². The maximum absolute atomic E-state index is 2.43. The normalized spacial score (nSPS) is 14.1. The summed E-state index contributed by atoms with van der Waals surface area (Å²) in [5, 5.41) is 0. The summed E-state index contributed by atoms with van der Waals surface area (Å²) in [4.78, 5) is 0. The van der Waals surface area contributed by atoms with Gasteiger partial charge >= 0.3 is 0 Å². The molecule has 0 bridgehead atoms. The number of hydrogen-bond donors (Lipinski definition) is 0. The molecule has 0 N–H and O–H groups in total. The Morgan fingerprint density at radius 2 is 1.24 bits per heavy atom. The van der Waals surface area contributed by atoms with Gasteiger partial charge in [-0.3, -0.25) is 0 Å². The van der Waals surface area contributed by atoms with E-state index in [1.54, 1.807) is 0 Å². The van der Waals surface area contributed by atoms with E-state index < -0.39 is 0 Å². The highest BCUT2D eigenvalue weighted by molar-refractivity contribution is 4.64. The first-order valence-electron chi connectivity index (χ1n) is 7.99. The van der Waals surface area contributed by atoms with Gasteiger partial charge < -0.3 is 0 Å². The van der Waals surface area contributed by atoms with Crippen molar-refractivity contribution in [3.63, 3.8) is 0 Å². The molecule has 2 unspecified atom stereocenters. The molecule has 0 saturated carbocycles. The molecule has 0 nitrogen and oxygen atoms in total. The van der Waals surface area contributed by atoms with Crippen molar-refractivity contribution in [2.45, 2.75) is 93.4 Å². The molecule has 0 aromatic carbocycles. The van der Waals surface area contributed by atoms with Gasteiger partial charge in [-0.2, -0.15) is 0 Å². The minimum Gasteiger partial charge on any atom is -0.0656 e. The van der Waals surface area contributed by atoms with Crippen molar-refractivity contribution in [3.05, 3.63) is 0 Å². The summed E-state index contributed by atoms with van der Waals surface area (Å²) in [6.45, 7) is 16.1. The summed E-state index contributed by atoms with van der Waals surface area (Å²) in [6, 6.07) is 0. The average Bonchev–Trinajstić information content (AvgIpc) is 2.24. The van der Waals surface area contributed by atoms with E-state index in [1.165, 1.54) is 44.9 Å². The smallest absolute Gasteiger partial charge is 0.0415 e. The summed E-state index contributed by atoms with van der Waals surface area (Å²) in [6.07, 6.45) is 9.75. The van der Waals surface area contributed by atoms with Crippen molar-refractivity contribution in [1.29, 1.82) is 0 Å². The Morgan fingerprint density at radius 3 is 1.65 bits per heavy atom. The van der Waals surface area contributed by atoms with Gasteiger partial charge in [0.25, 0.3) is 0 Å². The minimum absolute atomic E-state index is 0.864. The summed E-state index contributed by atoms with van der Waals surface area (Å²) < 4.78 is 0. The summed E-state index contributed by atoms with van der Waals surface area (Å²) in [5.41, 5.74) is 0. The van der Waals surface area contributed by atoms with E-state index >= 15 is 0 Å². The van der Waals surface area contributed by atoms with Crippen molar-refractivity contribution in [2.75, 3.05) is 0 Å². The molecule has 0 aliphatic rings. The zero-order valence-corrected chi connectivity index (χ0v) is 13.7. The van der Waals surface area contributed by atoms with Crippen molar-refractivity contribution in [3.8, 4) is 0 Å². The Bertz CT molecular complexity index is 126. The molecule has 0 aromatic heterocycles. The standard InChI is InChI=1S/C14H30.C3H8/c1-6-7-8-9-10-13(4)14(5)11-12(2)3;1-3-2/h12-14H,6-11H2,1-5H3;3H2,1-2H3. The second-order valence-corrected chi connectivity index (χ2v) is 6.14. The zero-order valence-electron chi connectivity index (χ0n) is 13.7. The van der Waals surface area contributed by atoms with Crippen molar-refractivity contribution < 1.29 is 0 Å². The Labute approximate surface area is 112 Å². The highest BCUT2D eigenvalue weighted by Crippen LogP contribution is 2.24. The molecule has 0 saturated heterocycles. The fraction of sp³-hybridized carbons (Fsp3) is 1.00. The molecule has 0 aromatic rings. The second-order valence-electron chi connectivity index (χ2n) is 6.14. The third kappa shape index (κ3) is 16.0. The van der Waals surface area contributed by atoms with Crippen molar-refractivity contribution in [2.24, 2.45) is 17.8 Å². The third-order valence-electron chi connectivity index (χ3n) is 3.33. The Hall–Kier alpha value is 0. The van der Waals surface area contributed by atoms with Crippen LogP contribution in [0.1, 0.15) is 93.4 Å². The number of unbranched alkanes of at least 4 members (excludes halogenated alkanes) is 3. The molecule has 106 valence electrons. The van der Waals surface area contributed by atoms with Gasteiger partial charge in [0, 0.05) is 0 Å². The van der Waals surface area contributed by atoms with Crippen LogP contribution in [0.25, 0.3) is 0 Å². The average molecular weight is 242 g/mol. The molecular formula is C17H38. The van der Waals surface area contributed by atoms with Crippen molar-refractivity contribution in [1.82, 2.24) is 0 Å². The Balaban J connectivity index is 0. The highest BCUT2D eigenvalue weighted by atomic mass is 14.2. The van der Waals surface area contributed by atoms with Gasteiger partial charge in [-0.1, -0.05) is 87.0 Å². The lowest BCUT2D eigenvalue weighted by Crippen LogP contribution is -2.10. The molecule has 17 heavy (non-hydrogen) atoms. The number of rotatable bonds is 8. The lowest BCUT2D eigenvalue weighted by Gasteiger charge is -2.21. The molecule has 0 fully saturated rings. The van der Waals surface area contributed by atoms with Gasteiger partial charge in [0.1, 0.15) is 0 Å². The van der Waals surface area contributed by atoms with E-state index in [-0.39, 0.29) is 0 Å². The molecular weight excluding hydrogens is 204 g/mol. The van der Waals surface area contributed by atoms with Crippen LogP contribution in [-0.4, -0.2) is 0 Å². The second kappa shape index (κ2) is 14.1. The molecule has 0 amide bonds. The van der Waals surface area contributed by atoms with Gasteiger partial charge in [-0.15, -0.1) is 0 Å². The molecule has 0 aliphatic carbocycles. The molecule has 0 heteroatoms. The fourth-order valence-electron chi connectivity index (χ4n) is 2.15. The van der Waals surface area contributed by atoms with E-state index in [4.69, 9.17) is 0 Å². The van der Waals surface area contributed by atoms with Gasteiger partial charge in [-0.05, 0) is 24.2 Å². The SMILES string of the molecule is CCC.CCCCCCC(C)C(C)CC(C)C.